The van der Waals surface area contributed by atoms with Gasteiger partial charge in [0.25, 0.3) is 0 Å². The van der Waals surface area contributed by atoms with Crippen molar-refractivity contribution in [1.82, 2.24) is 19.6 Å². The second-order valence-corrected chi connectivity index (χ2v) is 5.26. The Hall–Kier alpha value is -2.63. The van der Waals surface area contributed by atoms with Crippen LogP contribution < -0.4 is 0 Å². The van der Waals surface area contributed by atoms with Gasteiger partial charge in [-0.2, -0.15) is 5.10 Å². The summed E-state index contributed by atoms with van der Waals surface area (Å²) in [5.41, 5.74) is 3.92. The van der Waals surface area contributed by atoms with E-state index >= 15 is 0 Å². The lowest BCUT2D eigenvalue weighted by Crippen LogP contribution is -2.05. The standard InChI is InChI=1S/C16H18N4O2/c1-3-5-12-8-14(19-18-12)16(21)22-10-13-9-20-7-4-6-11(2)15(20)17-13/h4,6-9H,3,5,10H2,1-2H3,(H,18,19). The van der Waals surface area contributed by atoms with Crippen molar-refractivity contribution in [3.05, 3.63) is 53.2 Å². The van der Waals surface area contributed by atoms with E-state index in [1.165, 1.54) is 0 Å². The SMILES string of the molecule is CCCc1cc(C(=O)OCc2cn3cccc(C)c3n2)n[nH]1. The van der Waals surface area contributed by atoms with Crippen LogP contribution in [-0.4, -0.2) is 25.6 Å². The summed E-state index contributed by atoms with van der Waals surface area (Å²) in [5.74, 6) is -0.438. The number of aromatic nitrogens is 4. The van der Waals surface area contributed by atoms with E-state index in [2.05, 4.69) is 22.1 Å². The van der Waals surface area contributed by atoms with Crippen LogP contribution in [0.3, 0.4) is 0 Å². The van der Waals surface area contributed by atoms with Gasteiger partial charge in [0.05, 0.1) is 5.69 Å². The zero-order valence-electron chi connectivity index (χ0n) is 12.7. The molecule has 0 unspecified atom stereocenters. The Bertz CT molecular complexity index is 803. The molecule has 114 valence electrons. The predicted molar refractivity (Wildman–Crippen MR) is 81.6 cm³/mol. The Kier molecular flexibility index (Phi) is 3.91. The molecular weight excluding hydrogens is 280 g/mol. The number of carbonyl (C=O) groups excluding carboxylic acids is 1. The first-order valence-electron chi connectivity index (χ1n) is 7.32. The lowest BCUT2D eigenvalue weighted by molar-refractivity contribution is 0.0461. The third kappa shape index (κ3) is 2.86. The highest BCUT2D eigenvalue weighted by atomic mass is 16.5. The minimum atomic E-state index is -0.438. The van der Waals surface area contributed by atoms with Crippen LogP contribution in [0, 0.1) is 6.92 Å². The molecule has 0 aliphatic rings. The normalized spacial score (nSPS) is 11.0. The van der Waals surface area contributed by atoms with E-state index in [1.54, 1.807) is 6.07 Å². The van der Waals surface area contributed by atoms with E-state index in [0.717, 1.165) is 29.7 Å². The fraction of sp³-hybridized carbons (Fsp3) is 0.312. The van der Waals surface area contributed by atoms with E-state index in [9.17, 15) is 4.79 Å². The fourth-order valence-corrected chi connectivity index (χ4v) is 2.35. The first-order chi connectivity index (χ1) is 10.7. The fourth-order valence-electron chi connectivity index (χ4n) is 2.35. The zero-order valence-corrected chi connectivity index (χ0v) is 12.7. The second kappa shape index (κ2) is 6.01. The number of aromatic amines is 1. The molecule has 0 aliphatic heterocycles. The number of imidazole rings is 1. The highest BCUT2D eigenvalue weighted by molar-refractivity contribution is 5.87. The molecule has 1 N–H and O–H groups in total. The van der Waals surface area contributed by atoms with Gasteiger partial charge >= 0.3 is 5.97 Å². The quantitative estimate of drug-likeness (QED) is 0.735. The number of carbonyl (C=O) groups is 1. The molecule has 3 aromatic rings. The maximum absolute atomic E-state index is 12.0. The Morgan fingerprint density at radius 1 is 1.45 bits per heavy atom. The number of nitrogens with zero attached hydrogens (tertiary/aromatic N) is 3. The first kappa shape index (κ1) is 14.3. The molecule has 0 amide bonds. The molecule has 3 heterocycles. The summed E-state index contributed by atoms with van der Waals surface area (Å²) in [6, 6.07) is 5.69. The largest absolute Gasteiger partial charge is 0.454 e. The van der Waals surface area contributed by atoms with Crippen molar-refractivity contribution in [1.29, 1.82) is 0 Å². The summed E-state index contributed by atoms with van der Waals surface area (Å²) in [6.07, 6.45) is 5.65. The van der Waals surface area contributed by atoms with Gasteiger partial charge in [-0.25, -0.2) is 9.78 Å². The van der Waals surface area contributed by atoms with Gasteiger partial charge in [0.2, 0.25) is 0 Å². The van der Waals surface area contributed by atoms with Crippen molar-refractivity contribution >= 4 is 11.6 Å². The van der Waals surface area contributed by atoms with Crippen LogP contribution in [0.25, 0.3) is 5.65 Å². The maximum atomic E-state index is 12.0. The van der Waals surface area contributed by atoms with Gasteiger partial charge in [-0.3, -0.25) is 5.10 Å². The summed E-state index contributed by atoms with van der Waals surface area (Å²) in [6.45, 7) is 4.21. The summed E-state index contributed by atoms with van der Waals surface area (Å²) < 4.78 is 7.20. The van der Waals surface area contributed by atoms with Gasteiger partial charge in [-0.15, -0.1) is 0 Å². The molecule has 0 fully saturated rings. The van der Waals surface area contributed by atoms with Crippen LogP contribution in [0.4, 0.5) is 0 Å². The molecule has 3 rings (SSSR count). The minimum Gasteiger partial charge on any atom is -0.454 e. The van der Waals surface area contributed by atoms with Crippen LogP contribution in [-0.2, 0) is 17.8 Å². The van der Waals surface area contributed by atoms with Crippen LogP contribution in [0.2, 0.25) is 0 Å². The van der Waals surface area contributed by atoms with Crippen LogP contribution >= 0.6 is 0 Å². The second-order valence-electron chi connectivity index (χ2n) is 5.26. The molecule has 3 aromatic heterocycles. The Morgan fingerprint density at radius 2 is 2.32 bits per heavy atom. The highest BCUT2D eigenvalue weighted by Gasteiger charge is 2.13. The van der Waals surface area contributed by atoms with Crippen LogP contribution in [0.15, 0.2) is 30.6 Å². The molecule has 6 nitrogen and oxygen atoms in total. The van der Waals surface area contributed by atoms with Gasteiger partial charge < -0.3 is 9.14 Å². The predicted octanol–water partition coefficient (Wildman–Crippen LogP) is 2.68. The topological polar surface area (TPSA) is 72.3 Å². The number of rotatable bonds is 5. The van der Waals surface area contributed by atoms with Gasteiger partial charge in [-0.05, 0) is 31.0 Å². The van der Waals surface area contributed by atoms with E-state index in [-0.39, 0.29) is 6.61 Å². The van der Waals surface area contributed by atoms with E-state index in [0.29, 0.717) is 11.4 Å². The highest BCUT2D eigenvalue weighted by Crippen LogP contribution is 2.11. The van der Waals surface area contributed by atoms with Crippen LogP contribution in [0.5, 0.6) is 0 Å². The maximum Gasteiger partial charge on any atom is 0.359 e. The molecule has 22 heavy (non-hydrogen) atoms. The Balaban J connectivity index is 1.67. The number of esters is 1. The molecule has 0 bridgehead atoms. The molecule has 0 aliphatic carbocycles. The number of pyridine rings is 1. The van der Waals surface area contributed by atoms with Crippen molar-refractivity contribution < 1.29 is 9.53 Å². The smallest absolute Gasteiger partial charge is 0.359 e. The van der Waals surface area contributed by atoms with Crippen molar-refractivity contribution in [2.45, 2.75) is 33.3 Å². The number of H-pyrrole nitrogens is 1. The Morgan fingerprint density at radius 3 is 3.09 bits per heavy atom. The van der Waals surface area contributed by atoms with Crippen molar-refractivity contribution in [3.8, 4) is 0 Å². The summed E-state index contributed by atoms with van der Waals surface area (Å²) >= 11 is 0. The first-order valence-corrected chi connectivity index (χ1v) is 7.32. The summed E-state index contributed by atoms with van der Waals surface area (Å²) in [5, 5.41) is 6.82. The summed E-state index contributed by atoms with van der Waals surface area (Å²) in [7, 11) is 0. The van der Waals surface area contributed by atoms with Gasteiger partial charge in [0.15, 0.2) is 5.69 Å². The average Bonchev–Trinajstić information content (AvgIpc) is 3.12. The molecule has 6 heteroatoms. The average molecular weight is 298 g/mol. The third-order valence-corrected chi connectivity index (χ3v) is 3.44. The van der Waals surface area contributed by atoms with Crippen LogP contribution in [0.1, 0.15) is 40.8 Å². The number of aryl methyl sites for hydroxylation is 2. The number of hydrogen-bond acceptors (Lipinski definition) is 4. The van der Waals surface area contributed by atoms with Gasteiger partial charge in [0, 0.05) is 18.1 Å². The van der Waals surface area contributed by atoms with E-state index in [1.807, 2.05) is 35.9 Å². The van der Waals surface area contributed by atoms with Crippen molar-refractivity contribution in [2.75, 3.05) is 0 Å². The number of ether oxygens (including phenoxy) is 1. The molecule has 0 saturated heterocycles. The third-order valence-electron chi connectivity index (χ3n) is 3.44. The molecule has 0 spiro atoms. The van der Waals surface area contributed by atoms with E-state index < -0.39 is 5.97 Å². The molecular formula is C16H18N4O2. The van der Waals surface area contributed by atoms with Gasteiger partial charge in [-0.1, -0.05) is 19.4 Å². The molecule has 0 saturated carbocycles. The summed E-state index contributed by atoms with van der Waals surface area (Å²) in [4.78, 5) is 16.4. The zero-order chi connectivity index (χ0) is 15.5. The van der Waals surface area contributed by atoms with E-state index in [4.69, 9.17) is 4.74 Å². The lowest BCUT2D eigenvalue weighted by Gasteiger charge is -1.98. The molecule has 0 aromatic carbocycles. The van der Waals surface area contributed by atoms with Crippen molar-refractivity contribution in [2.24, 2.45) is 0 Å². The molecule has 0 atom stereocenters. The number of hydrogen-bond donors (Lipinski definition) is 1. The minimum absolute atomic E-state index is 0.135. The monoisotopic (exact) mass is 298 g/mol. The Labute approximate surface area is 128 Å². The molecule has 0 radical (unpaired) electrons. The number of fused-ring (bicyclic) bond motifs is 1. The van der Waals surface area contributed by atoms with Crippen molar-refractivity contribution in [3.63, 3.8) is 0 Å². The lowest BCUT2D eigenvalue weighted by atomic mass is 10.2. The van der Waals surface area contributed by atoms with Gasteiger partial charge in [0.1, 0.15) is 12.3 Å². The number of nitrogens with one attached hydrogen (secondary N) is 1.